The number of aliphatic hydroxyl groups is 4. The number of aromatic hydroxyl groups is 1. The molecule has 2 heterocycles. The van der Waals surface area contributed by atoms with Gasteiger partial charge in [-0.3, -0.25) is 0 Å². The molecule has 2 saturated heterocycles. The molecule has 3 aliphatic rings. The second kappa shape index (κ2) is 9.57. The smallest absolute Gasteiger partial charge is 0.249 e. The lowest BCUT2D eigenvalue weighted by Gasteiger charge is -2.60. The van der Waals surface area contributed by atoms with E-state index in [1.807, 2.05) is 6.92 Å². The molecule has 0 unspecified atom stereocenters. The molecule has 2 aliphatic heterocycles. The molecule has 0 bridgehead atoms. The normalized spacial score (nSPS) is 44.4. The van der Waals surface area contributed by atoms with E-state index in [0.29, 0.717) is 12.0 Å². The molecule has 1 aromatic carbocycles. The predicted molar refractivity (Wildman–Crippen MR) is 117 cm³/mol. The SMILES string of the molecule is CC[C@@H]1[C@H](O)[C@H](NC)[C@H]2O[C@]3(O)[C@H](O[C@@H]2[C@H]1O)O[C@H](C)C[C@@]3(O)CNCc1ccc(F)c(O)c1. The van der Waals surface area contributed by atoms with Crippen molar-refractivity contribution < 1.29 is 44.1 Å². The fourth-order valence-electron chi connectivity index (χ4n) is 5.53. The summed E-state index contributed by atoms with van der Waals surface area (Å²) in [6.45, 7) is 3.62. The van der Waals surface area contributed by atoms with Crippen LogP contribution in [0.25, 0.3) is 0 Å². The number of nitrogens with one attached hydrogen (secondary N) is 2. The Bertz CT molecular complexity index is 879. The summed E-state index contributed by atoms with van der Waals surface area (Å²) in [6, 6.07) is 3.24. The van der Waals surface area contributed by atoms with E-state index in [9.17, 15) is 29.9 Å². The Morgan fingerprint density at radius 2 is 1.88 bits per heavy atom. The average Bonchev–Trinajstić information content (AvgIpc) is 2.77. The summed E-state index contributed by atoms with van der Waals surface area (Å²) >= 11 is 0. The molecule has 11 heteroatoms. The lowest BCUT2D eigenvalue weighted by molar-refractivity contribution is -0.483. The van der Waals surface area contributed by atoms with Crippen LogP contribution in [0.5, 0.6) is 5.75 Å². The Labute approximate surface area is 197 Å². The van der Waals surface area contributed by atoms with Crippen LogP contribution in [0.4, 0.5) is 4.39 Å². The maximum atomic E-state index is 13.3. The fourth-order valence-corrected chi connectivity index (χ4v) is 5.53. The van der Waals surface area contributed by atoms with Crippen LogP contribution in [-0.2, 0) is 20.8 Å². The third kappa shape index (κ3) is 4.23. The topological polar surface area (TPSA) is 153 Å². The number of rotatable bonds is 6. The standard InChI is InChI=1S/C23H35FN2O8/c1-4-13-17(28)16(25-3)19-20(18(13)29)33-21-23(31,34-19)22(30,8-11(2)32-21)10-26-9-12-5-6-14(24)15(27)7-12/h5-7,11,13,16-21,25-31H,4,8-10H2,1-3H3/t11-,13-,16+,17+,18+,19-,20-,21+,22-,23-/m1/s1. The number of hydrogen-bond acceptors (Lipinski definition) is 10. The van der Waals surface area contributed by atoms with E-state index in [0.717, 1.165) is 6.07 Å². The van der Waals surface area contributed by atoms with Gasteiger partial charge >= 0.3 is 0 Å². The Morgan fingerprint density at radius 1 is 1.15 bits per heavy atom. The molecule has 1 aliphatic carbocycles. The van der Waals surface area contributed by atoms with Crippen LogP contribution < -0.4 is 10.6 Å². The van der Waals surface area contributed by atoms with Crippen molar-refractivity contribution in [2.24, 2.45) is 5.92 Å². The number of phenolic OH excluding ortho intramolecular Hbond substituents is 1. The van der Waals surface area contributed by atoms with Gasteiger partial charge in [0.25, 0.3) is 0 Å². The maximum Gasteiger partial charge on any atom is 0.249 e. The van der Waals surface area contributed by atoms with Crippen LogP contribution in [0.15, 0.2) is 18.2 Å². The Morgan fingerprint density at radius 3 is 2.53 bits per heavy atom. The third-order valence-corrected chi connectivity index (χ3v) is 7.39. The highest BCUT2D eigenvalue weighted by Crippen LogP contribution is 2.47. The average molecular weight is 487 g/mol. The van der Waals surface area contributed by atoms with Crippen molar-refractivity contribution in [3.63, 3.8) is 0 Å². The monoisotopic (exact) mass is 486 g/mol. The lowest BCUT2D eigenvalue weighted by Crippen LogP contribution is -2.80. The summed E-state index contributed by atoms with van der Waals surface area (Å²) < 4.78 is 31.2. The quantitative estimate of drug-likeness (QED) is 0.275. The highest BCUT2D eigenvalue weighted by atomic mass is 19.1. The van der Waals surface area contributed by atoms with Crippen LogP contribution in [0.2, 0.25) is 0 Å². The van der Waals surface area contributed by atoms with Gasteiger partial charge in [-0.1, -0.05) is 13.0 Å². The van der Waals surface area contributed by atoms with Crippen LogP contribution in [0.1, 0.15) is 32.3 Å². The molecule has 1 aromatic rings. The van der Waals surface area contributed by atoms with Gasteiger partial charge in [-0.25, -0.2) is 4.39 Å². The molecule has 1 saturated carbocycles. The van der Waals surface area contributed by atoms with Gasteiger partial charge in [0.2, 0.25) is 12.1 Å². The number of halogens is 1. The van der Waals surface area contributed by atoms with Crippen LogP contribution in [0.3, 0.4) is 0 Å². The predicted octanol–water partition coefficient (Wildman–Crippen LogP) is -0.691. The summed E-state index contributed by atoms with van der Waals surface area (Å²) in [4.78, 5) is 0. The van der Waals surface area contributed by atoms with Crippen molar-refractivity contribution in [2.75, 3.05) is 13.6 Å². The second-order valence-electron chi connectivity index (χ2n) is 9.65. The largest absolute Gasteiger partial charge is 0.505 e. The van der Waals surface area contributed by atoms with Gasteiger partial charge in [0.05, 0.1) is 24.4 Å². The number of aliphatic hydroxyl groups excluding tert-OH is 2. The number of ether oxygens (including phenoxy) is 3. The molecule has 7 N–H and O–H groups in total. The van der Waals surface area contributed by atoms with Crippen molar-refractivity contribution in [2.45, 2.75) is 87.5 Å². The summed E-state index contributed by atoms with van der Waals surface area (Å²) in [5.74, 6) is -3.99. The fraction of sp³-hybridized carbons (Fsp3) is 0.739. The molecule has 4 rings (SSSR count). The number of likely N-dealkylation sites (N-methyl/N-ethyl adjacent to an activating group) is 1. The van der Waals surface area contributed by atoms with Crippen molar-refractivity contribution in [1.82, 2.24) is 10.6 Å². The molecule has 0 aromatic heterocycles. The molecule has 0 radical (unpaired) electrons. The first kappa shape index (κ1) is 25.7. The van der Waals surface area contributed by atoms with Crippen LogP contribution >= 0.6 is 0 Å². The first-order valence-corrected chi connectivity index (χ1v) is 11.7. The van der Waals surface area contributed by atoms with Gasteiger partial charge in [0.1, 0.15) is 17.8 Å². The van der Waals surface area contributed by atoms with E-state index in [-0.39, 0.29) is 19.5 Å². The van der Waals surface area contributed by atoms with Crippen molar-refractivity contribution in [1.29, 1.82) is 0 Å². The van der Waals surface area contributed by atoms with E-state index in [4.69, 9.17) is 14.2 Å². The molecular weight excluding hydrogens is 451 g/mol. The zero-order valence-electron chi connectivity index (χ0n) is 19.5. The maximum absolute atomic E-state index is 13.3. The molecule has 10 nitrogen and oxygen atoms in total. The molecule has 3 fully saturated rings. The van der Waals surface area contributed by atoms with Gasteiger partial charge < -0.3 is 50.4 Å². The van der Waals surface area contributed by atoms with E-state index in [2.05, 4.69) is 10.6 Å². The van der Waals surface area contributed by atoms with E-state index < -0.39 is 71.7 Å². The van der Waals surface area contributed by atoms with E-state index in [1.165, 1.54) is 12.1 Å². The van der Waals surface area contributed by atoms with Crippen LogP contribution in [-0.4, -0.2) is 93.4 Å². The number of benzene rings is 1. The highest BCUT2D eigenvalue weighted by molar-refractivity contribution is 5.29. The number of hydrogen-bond donors (Lipinski definition) is 7. The molecule has 0 amide bonds. The highest BCUT2D eigenvalue weighted by Gasteiger charge is 2.68. The van der Waals surface area contributed by atoms with Gasteiger partial charge in [0, 0.05) is 25.4 Å². The summed E-state index contributed by atoms with van der Waals surface area (Å²) in [6.07, 6.45) is -5.23. The summed E-state index contributed by atoms with van der Waals surface area (Å²) in [7, 11) is 1.64. The first-order valence-electron chi connectivity index (χ1n) is 11.7. The van der Waals surface area contributed by atoms with Gasteiger partial charge in [-0.15, -0.1) is 0 Å². The Balaban J connectivity index is 1.56. The minimum atomic E-state index is -2.30. The second-order valence-corrected chi connectivity index (χ2v) is 9.65. The molecule has 192 valence electrons. The molecular formula is C23H35FN2O8. The number of phenols is 1. The summed E-state index contributed by atoms with van der Waals surface area (Å²) in [5, 5.41) is 60.5. The van der Waals surface area contributed by atoms with Crippen molar-refractivity contribution >= 4 is 0 Å². The Kier molecular flexibility index (Phi) is 7.22. The zero-order chi connectivity index (χ0) is 24.8. The number of fused-ring (bicyclic) bond motifs is 2. The van der Waals surface area contributed by atoms with E-state index in [1.54, 1.807) is 14.0 Å². The van der Waals surface area contributed by atoms with Crippen molar-refractivity contribution in [3.8, 4) is 5.75 Å². The summed E-state index contributed by atoms with van der Waals surface area (Å²) in [5.41, 5.74) is -1.29. The third-order valence-electron chi connectivity index (χ3n) is 7.39. The minimum absolute atomic E-state index is 0.00925. The zero-order valence-corrected chi connectivity index (χ0v) is 19.5. The van der Waals surface area contributed by atoms with Gasteiger partial charge in [-0.05, 0) is 38.1 Å². The lowest BCUT2D eigenvalue weighted by atomic mass is 9.74. The van der Waals surface area contributed by atoms with Gasteiger partial charge in [-0.2, -0.15) is 0 Å². The Hall–Kier alpha value is -1.41. The van der Waals surface area contributed by atoms with E-state index >= 15 is 0 Å². The molecule has 34 heavy (non-hydrogen) atoms. The molecule has 0 spiro atoms. The minimum Gasteiger partial charge on any atom is -0.505 e. The first-order chi connectivity index (χ1) is 16.0. The van der Waals surface area contributed by atoms with Crippen molar-refractivity contribution in [3.05, 3.63) is 29.6 Å². The molecule has 10 atom stereocenters. The van der Waals surface area contributed by atoms with Crippen LogP contribution in [0, 0.1) is 11.7 Å². The van der Waals surface area contributed by atoms with Gasteiger partial charge in [0.15, 0.2) is 11.6 Å².